The maximum Gasteiger partial charge on any atom is 0.416 e. The van der Waals surface area contributed by atoms with E-state index in [0.29, 0.717) is 11.4 Å². The van der Waals surface area contributed by atoms with Crippen LogP contribution in [0, 0.1) is 0 Å². The number of alkyl halides is 3. The van der Waals surface area contributed by atoms with Gasteiger partial charge in [-0.25, -0.2) is 0 Å². The number of hydrogen-bond donors (Lipinski definition) is 1. The first kappa shape index (κ1) is 17.5. The van der Waals surface area contributed by atoms with E-state index in [1.807, 2.05) is 0 Å². The molecule has 2 aromatic rings. The molecule has 1 aromatic carbocycles. The predicted molar refractivity (Wildman–Crippen MR) is 86.5 cm³/mol. The highest BCUT2D eigenvalue weighted by Gasteiger charge is 2.30. The van der Waals surface area contributed by atoms with Crippen LogP contribution < -0.4 is 5.56 Å². The summed E-state index contributed by atoms with van der Waals surface area (Å²) in [4.78, 5) is 16.5. The summed E-state index contributed by atoms with van der Waals surface area (Å²) >= 11 is 0. The molecule has 1 heterocycles. The summed E-state index contributed by atoms with van der Waals surface area (Å²) in [6.07, 6.45) is 0.611. The lowest BCUT2D eigenvalue weighted by Gasteiger charge is -2.24. The largest absolute Gasteiger partial charge is 0.493 e. The minimum Gasteiger partial charge on any atom is -0.493 e. The fourth-order valence-corrected chi connectivity index (χ4v) is 3.32. The fraction of sp³-hybridized carbons (Fsp3) is 0.444. The third-order valence-corrected chi connectivity index (χ3v) is 4.62. The second-order valence-electron chi connectivity index (χ2n) is 6.43. The molecule has 0 unspecified atom stereocenters. The Kier molecular flexibility index (Phi) is 4.83. The van der Waals surface area contributed by atoms with E-state index in [9.17, 15) is 23.1 Å². The van der Waals surface area contributed by atoms with Crippen LogP contribution in [-0.2, 0) is 12.7 Å². The van der Waals surface area contributed by atoms with E-state index in [4.69, 9.17) is 0 Å². The number of aromatic hydroxyl groups is 1. The van der Waals surface area contributed by atoms with E-state index in [-0.39, 0.29) is 18.3 Å². The van der Waals surface area contributed by atoms with Crippen LogP contribution in [0.5, 0.6) is 5.88 Å². The van der Waals surface area contributed by atoms with Gasteiger partial charge in [-0.05, 0) is 30.5 Å². The lowest BCUT2D eigenvalue weighted by atomic mass is 9.88. The van der Waals surface area contributed by atoms with Crippen molar-refractivity contribution in [2.45, 2.75) is 50.7 Å². The Labute approximate surface area is 143 Å². The molecule has 0 saturated heterocycles. The zero-order valence-electron chi connectivity index (χ0n) is 13.6. The van der Waals surface area contributed by atoms with Gasteiger partial charge in [0.15, 0.2) is 0 Å². The van der Waals surface area contributed by atoms with Crippen molar-refractivity contribution in [1.82, 2.24) is 9.55 Å². The zero-order chi connectivity index (χ0) is 18.0. The van der Waals surface area contributed by atoms with Gasteiger partial charge in [0.05, 0.1) is 18.2 Å². The van der Waals surface area contributed by atoms with Crippen molar-refractivity contribution in [3.8, 4) is 5.88 Å². The van der Waals surface area contributed by atoms with Gasteiger partial charge in [-0.1, -0.05) is 31.4 Å². The summed E-state index contributed by atoms with van der Waals surface area (Å²) in [6.45, 7) is 0.135. The highest BCUT2D eigenvalue weighted by molar-refractivity contribution is 5.25. The molecule has 134 valence electrons. The number of halogens is 3. The van der Waals surface area contributed by atoms with Crippen LogP contribution in [0.2, 0.25) is 0 Å². The Morgan fingerprint density at radius 1 is 1.12 bits per heavy atom. The van der Waals surface area contributed by atoms with E-state index in [1.165, 1.54) is 16.7 Å². The Hall–Kier alpha value is -2.31. The quantitative estimate of drug-likeness (QED) is 0.906. The number of aromatic nitrogens is 2. The van der Waals surface area contributed by atoms with Crippen molar-refractivity contribution >= 4 is 0 Å². The minimum absolute atomic E-state index is 0.0861. The highest BCUT2D eigenvalue weighted by atomic mass is 19.4. The number of nitrogens with zero attached hydrogens (tertiary/aromatic N) is 2. The molecule has 1 aliphatic carbocycles. The van der Waals surface area contributed by atoms with Gasteiger partial charge in [-0.3, -0.25) is 9.36 Å². The highest BCUT2D eigenvalue weighted by Crippen LogP contribution is 2.32. The average Bonchev–Trinajstić information content (AvgIpc) is 2.57. The second kappa shape index (κ2) is 6.90. The SMILES string of the molecule is O=c1cc(O)nc(C2CCCCC2)n1Cc1ccc(C(F)(F)F)cc1. The third kappa shape index (κ3) is 4.03. The first-order chi connectivity index (χ1) is 11.8. The van der Waals surface area contributed by atoms with Gasteiger partial charge in [0.2, 0.25) is 5.88 Å². The molecule has 0 aliphatic heterocycles. The van der Waals surface area contributed by atoms with Crippen LogP contribution in [0.4, 0.5) is 13.2 Å². The Balaban J connectivity index is 1.92. The van der Waals surface area contributed by atoms with E-state index in [2.05, 4.69) is 4.98 Å². The Morgan fingerprint density at radius 2 is 1.76 bits per heavy atom. The molecule has 1 N–H and O–H groups in total. The van der Waals surface area contributed by atoms with Crippen LogP contribution in [0.15, 0.2) is 35.1 Å². The summed E-state index contributed by atoms with van der Waals surface area (Å²) in [5, 5.41) is 9.69. The molecule has 1 fully saturated rings. The topological polar surface area (TPSA) is 55.1 Å². The number of hydrogen-bond acceptors (Lipinski definition) is 3. The van der Waals surface area contributed by atoms with Crippen LogP contribution in [0.1, 0.15) is 55.0 Å². The second-order valence-corrected chi connectivity index (χ2v) is 6.43. The van der Waals surface area contributed by atoms with E-state index in [1.54, 1.807) is 0 Å². The molecule has 1 aliphatic rings. The summed E-state index contributed by atoms with van der Waals surface area (Å²) in [6, 6.07) is 5.79. The lowest BCUT2D eigenvalue weighted by molar-refractivity contribution is -0.137. The maximum atomic E-state index is 12.7. The van der Waals surface area contributed by atoms with Gasteiger partial charge >= 0.3 is 6.18 Å². The molecule has 0 atom stereocenters. The summed E-state index contributed by atoms with van der Waals surface area (Å²) in [5.74, 6) is 0.293. The summed E-state index contributed by atoms with van der Waals surface area (Å²) < 4.78 is 39.5. The molecule has 4 nitrogen and oxygen atoms in total. The molecule has 3 rings (SSSR count). The van der Waals surface area contributed by atoms with E-state index in [0.717, 1.165) is 50.3 Å². The molecule has 1 aromatic heterocycles. The molecule has 0 bridgehead atoms. The van der Waals surface area contributed by atoms with Crippen molar-refractivity contribution < 1.29 is 18.3 Å². The van der Waals surface area contributed by atoms with E-state index < -0.39 is 17.3 Å². The molecule has 1 saturated carbocycles. The smallest absolute Gasteiger partial charge is 0.416 e. The molecular weight excluding hydrogens is 333 g/mol. The lowest BCUT2D eigenvalue weighted by Crippen LogP contribution is -2.27. The van der Waals surface area contributed by atoms with E-state index >= 15 is 0 Å². The third-order valence-electron chi connectivity index (χ3n) is 4.62. The van der Waals surface area contributed by atoms with Gasteiger partial charge in [0.1, 0.15) is 5.82 Å². The fourth-order valence-electron chi connectivity index (χ4n) is 3.32. The molecular formula is C18H19F3N2O2. The normalized spacial score (nSPS) is 16.1. The molecule has 25 heavy (non-hydrogen) atoms. The van der Waals surface area contributed by atoms with Crippen LogP contribution in [0.3, 0.4) is 0 Å². The van der Waals surface area contributed by atoms with Crippen LogP contribution in [-0.4, -0.2) is 14.7 Å². The zero-order valence-corrected chi connectivity index (χ0v) is 13.6. The van der Waals surface area contributed by atoms with Crippen molar-refractivity contribution in [3.05, 3.63) is 57.6 Å². The van der Waals surface area contributed by atoms with Crippen LogP contribution in [0.25, 0.3) is 0 Å². The molecule has 0 radical (unpaired) electrons. The predicted octanol–water partition coefficient (Wildman–Crippen LogP) is 4.06. The standard InChI is InChI=1S/C18H19F3N2O2/c19-18(20,21)14-8-6-12(7-9-14)11-23-16(25)10-15(24)22-17(23)13-4-2-1-3-5-13/h6-10,13,24H,1-5,11H2. The Bertz CT molecular complexity index is 791. The minimum atomic E-state index is -4.39. The van der Waals surface area contributed by atoms with Gasteiger partial charge in [0, 0.05) is 5.92 Å². The Morgan fingerprint density at radius 3 is 2.36 bits per heavy atom. The summed E-state index contributed by atoms with van der Waals surface area (Å²) in [7, 11) is 0. The van der Waals surface area contributed by atoms with Crippen molar-refractivity contribution in [1.29, 1.82) is 0 Å². The first-order valence-electron chi connectivity index (χ1n) is 8.31. The van der Waals surface area contributed by atoms with Gasteiger partial charge in [-0.2, -0.15) is 18.2 Å². The van der Waals surface area contributed by atoms with Gasteiger partial charge in [0.25, 0.3) is 5.56 Å². The van der Waals surface area contributed by atoms with Gasteiger partial charge < -0.3 is 5.11 Å². The van der Waals surface area contributed by atoms with Crippen LogP contribution >= 0.6 is 0 Å². The number of benzene rings is 1. The van der Waals surface area contributed by atoms with Gasteiger partial charge in [-0.15, -0.1) is 0 Å². The van der Waals surface area contributed by atoms with Crippen molar-refractivity contribution in [3.63, 3.8) is 0 Å². The van der Waals surface area contributed by atoms with Crippen molar-refractivity contribution in [2.24, 2.45) is 0 Å². The molecule has 7 heteroatoms. The number of rotatable bonds is 3. The molecule has 0 amide bonds. The van der Waals surface area contributed by atoms with Crippen molar-refractivity contribution in [2.75, 3.05) is 0 Å². The average molecular weight is 352 g/mol. The summed E-state index contributed by atoms with van der Waals surface area (Å²) in [5.41, 5.74) is -0.535. The molecule has 0 spiro atoms. The maximum absolute atomic E-state index is 12.7. The monoisotopic (exact) mass is 352 g/mol. The first-order valence-corrected chi connectivity index (χ1v) is 8.31.